The van der Waals surface area contributed by atoms with Crippen LogP contribution in [-0.2, 0) is 19.1 Å². The molecule has 1 fully saturated rings. The Morgan fingerprint density at radius 3 is 2.58 bits per heavy atom. The van der Waals surface area contributed by atoms with Crippen molar-refractivity contribution in [3.63, 3.8) is 0 Å². The van der Waals surface area contributed by atoms with E-state index >= 15 is 0 Å². The maximum atomic E-state index is 12.4. The molecule has 1 aliphatic rings. The van der Waals surface area contributed by atoms with Crippen LogP contribution in [-0.4, -0.2) is 30.9 Å². The number of nitrogens with one attached hydrogen (secondary N) is 2. The summed E-state index contributed by atoms with van der Waals surface area (Å²) < 4.78 is 4.70. The summed E-state index contributed by atoms with van der Waals surface area (Å²) in [5, 5.41) is 7.50. The second kappa shape index (κ2) is 8.82. The quantitative estimate of drug-likeness (QED) is 0.737. The van der Waals surface area contributed by atoms with Gasteiger partial charge in [-0.05, 0) is 31.2 Å². The molecule has 0 bridgehead atoms. The first-order valence-electron chi connectivity index (χ1n) is 8.22. The summed E-state index contributed by atoms with van der Waals surface area (Å²) in [4.78, 5) is 37.0. The molecule has 7 heteroatoms. The lowest BCUT2D eigenvalue weighted by atomic mass is 10.1. The van der Waals surface area contributed by atoms with E-state index in [1.54, 1.807) is 6.92 Å². The fourth-order valence-corrected chi connectivity index (χ4v) is 3.62. The average Bonchev–Trinajstić information content (AvgIpc) is 3.26. The van der Waals surface area contributed by atoms with Crippen molar-refractivity contribution < 1.29 is 19.1 Å². The van der Waals surface area contributed by atoms with Gasteiger partial charge in [-0.3, -0.25) is 14.4 Å². The fourth-order valence-electron chi connectivity index (χ4n) is 2.84. The minimum atomic E-state index is -0.641. The first-order chi connectivity index (χ1) is 11.5. The molecule has 1 heterocycles. The lowest BCUT2D eigenvalue weighted by Gasteiger charge is -2.21. The molecule has 132 valence electrons. The Morgan fingerprint density at radius 1 is 1.29 bits per heavy atom. The second-order valence-electron chi connectivity index (χ2n) is 6.07. The van der Waals surface area contributed by atoms with Crippen LogP contribution in [0.1, 0.15) is 49.9 Å². The monoisotopic (exact) mass is 352 g/mol. The molecular formula is C17H24N2O4S. The van der Waals surface area contributed by atoms with Crippen molar-refractivity contribution in [3.8, 4) is 0 Å². The zero-order valence-electron chi connectivity index (χ0n) is 14.0. The van der Waals surface area contributed by atoms with Crippen LogP contribution in [0.15, 0.2) is 17.5 Å². The van der Waals surface area contributed by atoms with Crippen molar-refractivity contribution >= 4 is 29.1 Å². The average molecular weight is 352 g/mol. The highest BCUT2D eigenvalue weighted by atomic mass is 32.1. The Hall–Kier alpha value is -1.89. The van der Waals surface area contributed by atoms with Crippen LogP contribution in [0.5, 0.6) is 0 Å². The summed E-state index contributed by atoms with van der Waals surface area (Å²) in [5.41, 5.74) is 0. The van der Waals surface area contributed by atoms with Gasteiger partial charge in [-0.2, -0.15) is 0 Å². The van der Waals surface area contributed by atoms with Crippen LogP contribution in [0.4, 0.5) is 0 Å². The summed E-state index contributed by atoms with van der Waals surface area (Å²) in [5.74, 6) is -0.737. The highest BCUT2D eigenvalue weighted by Gasteiger charge is 2.27. The van der Waals surface area contributed by atoms with E-state index in [-0.39, 0.29) is 24.2 Å². The molecule has 2 N–H and O–H groups in total. The van der Waals surface area contributed by atoms with Gasteiger partial charge in [0.05, 0.1) is 19.6 Å². The van der Waals surface area contributed by atoms with Crippen molar-refractivity contribution in [1.29, 1.82) is 0 Å². The van der Waals surface area contributed by atoms with Gasteiger partial charge in [0.1, 0.15) is 6.04 Å². The normalized spacial score (nSPS) is 17.1. The lowest BCUT2D eigenvalue weighted by molar-refractivity contribution is -0.141. The van der Waals surface area contributed by atoms with E-state index in [1.807, 2.05) is 17.5 Å². The Bertz CT molecular complexity index is 567. The van der Waals surface area contributed by atoms with E-state index in [0.717, 1.165) is 30.6 Å². The molecule has 0 unspecified atom stereocenters. The second-order valence-corrected chi connectivity index (χ2v) is 7.05. The highest BCUT2D eigenvalue weighted by Crippen LogP contribution is 2.25. The summed E-state index contributed by atoms with van der Waals surface area (Å²) >= 11 is 1.46. The molecule has 1 saturated carbocycles. The molecular weight excluding hydrogens is 328 g/mol. The molecule has 1 aromatic rings. The van der Waals surface area contributed by atoms with Crippen LogP contribution >= 0.6 is 11.3 Å². The molecule has 2 atom stereocenters. The Balaban J connectivity index is 1.93. The van der Waals surface area contributed by atoms with Gasteiger partial charge in [-0.25, -0.2) is 0 Å². The number of carbonyl (C=O) groups excluding carboxylic acids is 3. The predicted octanol–water partition coefficient (Wildman–Crippen LogP) is 2.16. The van der Waals surface area contributed by atoms with E-state index in [9.17, 15) is 14.4 Å². The molecule has 0 radical (unpaired) electrons. The van der Waals surface area contributed by atoms with Crippen LogP contribution in [0.3, 0.4) is 0 Å². The summed E-state index contributed by atoms with van der Waals surface area (Å²) in [7, 11) is 1.32. The van der Waals surface area contributed by atoms with Gasteiger partial charge < -0.3 is 15.4 Å². The van der Waals surface area contributed by atoms with Crippen molar-refractivity contribution in [1.82, 2.24) is 10.6 Å². The molecule has 2 rings (SSSR count). The number of rotatable bonds is 7. The molecule has 0 saturated heterocycles. The van der Waals surface area contributed by atoms with E-state index in [0.29, 0.717) is 0 Å². The van der Waals surface area contributed by atoms with Crippen molar-refractivity contribution in [3.05, 3.63) is 22.4 Å². The maximum Gasteiger partial charge on any atom is 0.307 e. The standard InChI is InChI=1S/C17H24N2O4S/c1-11(18-17(22)12-6-3-4-7-12)16(21)19-13(10-15(20)23-2)14-8-5-9-24-14/h5,8-9,11-13H,3-4,6-7,10H2,1-2H3,(H,18,22)(H,19,21)/t11-,13+/m0/s1. The topological polar surface area (TPSA) is 84.5 Å². The molecule has 0 spiro atoms. The van der Waals surface area contributed by atoms with Gasteiger partial charge in [0, 0.05) is 10.8 Å². The van der Waals surface area contributed by atoms with E-state index < -0.39 is 18.1 Å². The third kappa shape index (κ3) is 5.06. The molecule has 2 amide bonds. The van der Waals surface area contributed by atoms with E-state index in [4.69, 9.17) is 4.74 Å². The molecule has 1 aromatic heterocycles. The molecule has 6 nitrogen and oxygen atoms in total. The molecule has 0 aromatic carbocycles. The van der Waals surface area contributed by atoms with Gasteiger partial charge in [0.15, 0.2) is 0 Å². The van der Waals surface area contributed by atoms with Crippen molar-refractivity contribution in [2.75, 3.05) is 7.11 Å². The van der Waals surface area contributed by atoms with E-state index in [2.05, 4.69) is 10.6 Å². The number of hydrogen-bond donors (Lipinski definition) is 2. The van der Waals surface area contributed by atoms with Crippen LogP contribution in [0.2, 0.25) is 0 Å². The van der Waals surface area contributed by atoms with Gasteiger partial charge in [-0.1, -0.05) is 18.9 Å². The summed E-state index contributed by atoms with van der Waals surface area (Å²) in [6, 6.07) is 2.64. The highest BCUT2D eigenvalue weighted by molar-refractivity contribution is 7.10. The summed E-state index contributed by atoms with van der Waals surface area (Å²) in [6.45, 7) is 1.66. The first-order valence-corrected chi connectivity index (χ1v) is 9.10. The number of methoxy groups -OCH3 is 1. The molecule has 24 heavy (non-hydrogen) atoms. The third-order valence-corrected chi connectivity index (χ3v) is 5.27. The zero-order chi connectivity index (χ0) is 17.5. The number of thiophene rings is 1. The Morgan fingerprint density at radius 2 is 2.00 bits per heavy atom. The fraction of sp³-hybridized carbons (Fsp3) is 0.588. The van der Waals surface area contributed by atoms with E-state index in [1.165, 1.54) is 18.4 Å². The predicted molar refractivity (Wildman–Crippen MR) is 91.4 cm³/mol. The minimum Gasteiger partial charge on any atom is -0.469 e. The number of carbonyl (C=O) groups is 3. The number of esters is 1. The van der Waals surface area contributed by atoms with Gasteiger partial charge in [-0.15, -0.1) is 11.3 Å². The lowest BCUT2D eigenvalue weighted by Crippen LogP contribution is -2.47. The Kier molecular flexibility index (Phi) is 6.78. The Labute approximate surface area is 146 Å². The SMILES string of the molecule is COC(=O)C[C@@H](NC(=O)[C@H](C)NC(=O)C1CCCC1)c1cccs1. The van der Waals surface area contributed by atoms with Crippen LogP contribution in [0, 0.1) is 5.92 Å². The molecule has 0 aliphatic heterocycles. The van der Waals surface area contributed by atoms with Gasteiger partial charge in [0.2, 0.25) is 11.8 Å². The smallest absolute Gasteiger partial charge is 0.307 e. The molecule has 1 aliphatic carbocycles. The largest absolute Gasteiger partial charge is 0.469 e. The number of amides is 2. The number of hydrogen-bond acceptors (Lipinski definition) is 5. The van der Waals surface area contributed by atoms with Crippen LogP contribution in [0.25, 0.3) is 0 Å². The van der Waals surface area contributed by atoms with Crippen molar-refractivity contribution in [2.45, 2.75) is 51.1 Å². The minimum absolute atomic E-state index is 0.0170. The van der Waals surface area contributed by atoms with Crippen LogP contribution < -0.4 is 10.6 Å². The first kappa shape index (κ1) is 18.4. The van der Waals surface area contributed by atoms with Gasteiger partial charge in [0.25, 0.3) is 0 Å². The maximum absolute atomic E-state index is 12.4. The van der Waals surface area contributed by atoms with Crippen molar-refractivity contribution in [2.24, 2.45) is 5.92 Å². The third-order valence-electron chi connectivity index (χ3n) is 4.28. The summed E-state index contributed by atoms with van der Waals surface area (Å²) in [6.07, 6.45) is 3.98. The number of ether oxygens (including phenoxy) is 1. The van der Waals surface area contributed by atoms with Gasteiger partial charge >= 0.3 is 5.97 Å². The zero-order valence-corrected chi connectivity index (χ0v) is 14.9.